The predicted molar refractivity (Wildman–Crippen MR) is 81.3 cm³/mol. The summed E-state index contributed by atoms with van der Waals surface area (Å²) < 4.78 is 13.6. The molecule has 1 unspecified atom stereocenters. The molecule has 5 heteroatoms. The van der Waals surface area contributed by atoms with Crippen LogP contribution in [0.2, 0.25) is 0 Å². The highest BCUT2D eigenvalue weighted by atomic mass is 79.9. The molecule has 1 aromatic rings. The fourth-order valence-corrected chi connectivity index (χ4v) is 3.15. The molecule has 0 aromatic heterocycles. The fraction of sp³-hybridized carbons (Fsp3) is 0.533. The highest BCUT2D eigenvalue weighted by molar-refractivity contribution is 9.10. The average molecular weight is 343 g/mol. The van der Waals surface area contributed by atoms with Crippen molar-refractivity contribution in [2.45, 2.75) is 26.3 Å². The van der Waals surface area contributed by atoms with E-state index in [9.17, 15) is 9.18 Å². The number of hydrogen-bond acceptors (Lipinski definition) is 2. The topological polar surface area (TPSA) is 23.6 Å². The van der Waals surface area contributed by atoms with Crippen LogP contribution in [0.3, 0.4) is 0 Å². The van der Waals surface area contributed by atoms with E-state index in [2.05, 4.69) is 34.7 Å². The van der Waals surface area contributed by atoms with E-state index in [-0.39, 0.29) is 11.7 Å². The molecule has 1 aromatic carbocycles. The molecular weight excluding hydrogens is 323 g/mol. The van der Waals surface area contributed by atoms with Gasteiger partial charge in [0.2, 0.25) is 0 Å². The van der Waals surface area contributed by atoms with Crippen molar-refractivity contribution in [1.82, 2.24) is 9.80 Å². The van der Waals surface area contributed by atoms with Crippen LogP contribution in [0.5, 0.6) is 0 Å². The molecule has 1 aliphatic rings. The van der Waals surface area contributed by atoms with Crippen LogP contribution < -0.4 is 0 Å². The maximum Gasteiger partial charge on any atom is 0.253 e. The van der Waals surface area contributed by atoms with Crippen molar-refractivity contribution in [3.63, 3.8) is 0 Å². The van der Waals surface area contributed by atoms with E-state index in [1.165, 1.54) is 6.07 Å². The van der Waals surface area contributed by atoms with Gasteiger partial charge in [0, 0.05) is 24.7 Å². The number of halogens is 2. The standard InChI is InChI=1S/C15H20BrFN2O/c1-3-18(4-2)12-7-8-19(10-12)15(20)11-5-6-14(17)13(16)9-11/h5-6,9,12H,3-4,7-8,10H2,1-2H3. The Balaban J connectivity index is 2.05. The number of likely N-dealkylation sites (tertiary alicyclic amines) is 1. The second-order valence-corrected chi connectivity index (χ2v) is 5.90. The van der Waals surface area contributed by atoms with Crippen molar-refractivity contribution in [3.05, 3.63) is 34.1 Å². The molecule has 2 rings (SSSR count). The normalized spacial score (nSPS) is 18.9. The van der Waals surface area contributed by atoms with Gasteiger partial charge in [-0.1, -0.05) is 13.8 Å². The third-order valence-electron chi connectivity index (χ3n) is 3.95. The second kappa shape index (κ2) is 6.68. The van der Waals surface area contributed by atoms with Crippen molar-refractivity contribution >= 4 is 21.8 Å². The van der Waals surface area contributed by atoms with Crippen LogP contribution in [0.15, 0.2) is 22.7 Å². The van der Waals surface area contributed by atoms with Crippen molar-refractivity contribution in [1.29, 1.82) is 0 Å². The largest absolute Gasteiger partial charge is 0.337 e. The SMILES string of the molecule is CCN(CC)C1CCN(C(=O)c2ccc(F)c(Br)c2)C1. The molecule has 1 atom stereocenters. The van der Waals surface area contributed by atoms with E-state index in [1.54, 1.807) is 12.1 Å². The van der Waals surface area contributed by atoms with Crippen LogP contribution in [-0.4, -0.2) is 47.9 Å². The molecule has 0 bridgehead atoms. The van der Waals surface area contributed by atoms with Gasteiger partial charge in [-0.05, 0) is 53.6 Å². The van der Waals surface area contributed by atoms with E-state index >= 15 is 0 Å². The van der Waals surface area contributed by atoms with E-state index in [1.807, 2.05) is 4.90 Å². The van der Waals surface area contributed by atoms with Gasteiger partial charge >= 0.3 is 0 Å². The molecule has 0 aliphatic carbocycles. The van der Waals surface area contributed by atoms with E-state index in [4.69, 9.17) is 0 Å². The first-order valence-electron chi connectivity index (χ1n) is 7.05. The third kappa shape index (κ3) is 3.20. The molecule has 1 aliphatic heterocycles. The van der Waals surface area contributed by atoms with E-state index < -0.39 is 0 Å². The van der Waals surface area contributed by atoms with Gasteiger partial charge < -0.3 is 4.90 Å². The number of hydrogen-bond donors (Lipinski definition) is 0. The molecule has 1 fully saturated rings. The molecule has 3 nitrogen and oxygen atoms in total. The summed E-state index contributed by atoms with van der Waals surface area (Å²) in [7, 11) is 0. The lowest BCUT2D eigenvalue weighted by molar-refractivity contribution is 0.0778. The molecule has 0 radical (unpaired) electrons. The maximum atomic E-state index is 13.2. The van der Waals surface area contributed by atoms with Gasteiger partial charge in [-0.2, -0.15) is 0 Å². The summed E-state index contributed by atoms with van der Waals surface area (Å²) in [5.41, 5.74) is 0.540. The monoisotopic (exact) mass is 342 g/mol. The molecule has 0 N–H and O–H groups in total. The minimum Gasteiger partial charge on any atom is -0.337 e. The van der Waals surface area contributed by atoms with Gasteiger partial charge in [0.05, 0.1) is 4.47 Å². The quantitative estimate of drug-likeness (QED) is 0.839. The summed E-state index contributed by atoms with van der Waals surface area (Å²) >= 11 is 3.13. The first-order valence-corrected chi connectivity index (χ1v) is 7.84. The van der Waals surface area contributed by atoms with Crippen molar-refractivity contribution in [2.75, 3.05) is 26.2 Å². The van der Waals surface area contributed by atoms with E-state index in [0.717, 1.165) is 32.6 Å². The summed E-state index contributed by atoms with van der Waals surface area (Å²) in [4.78, 5) is 16.7. The Labute approximate surface area is 127 Å². The zero-order valence-corrected chi connectivity index (χ0v) is 13.5. The first-order chi connectivity index (χ1) is 9.56. The van der Waals surface area contributed by atoms with Crippen molar-refractivity contribution in [2.24, 2.45) is 0 Å². The van der Waals surface area contributed by atoms with Gasteiger partial charge in [-0.15, -0.1) is 0 Å². The summed E-state index contributed by atoms with van der Waals surface area (Å²) in [6.07, 6.45) is 1.01. The summed E-state index contributed by atoms with van der Waals surface area (Å²) in [6.45, 7) is 7.83. The Kier molecular flexibility index (Phi) is 5.16. The second-order valence-electron chi connectivity index (χ2n) is 5.04. The zero-order valence-electron chi connectivity index (χ0n) is 11.9. The number of carbonyl (C=O) groups excluding carboxylic acids is 1. The van der Waals surface area contributed by atoms with Gasteiger partial charge in [-0.3, -0.25) is 9.69 Å². The summed E-state index contributed by atoms with van der Waals surface area (Å²) in [5.74, 6) is -0.357. The molecule has 110 valence electrons. The highest BCUT2D eigenvalue weighted by Gasteiger charge is 2.29. The lowest BCUT2D eigenvalue weighted by Crippen LogP contribution is -2.38. The fourth-order valence-electron chi connectivity index (χ4n) is 2.78. The number of benzene rings is 1. The lowest BCUT2D eigenvalue weighted by Gasteiger charge is -2.26. The third-order valence-corrected chi connectivity index (χ3v) is 4.55. The molecule has 1 heterocycles. The highest BCUT2D eigenvalue weighted by Crippen LogP contribution is 2.21. The smallest absolute Gasteiger partial charge is 0.253 e. The number of likely N-dealkylation sites (N-methyl/N-ethyl adjacent to an activating group) is 1. The van der Waals surface area contributed by atoms with Gasteiger partial charge in [-0.25, -0.2) is 4.39 Å². The molecule has 0 spiro atoms. The Morgan fingerprint density at radius 2 is 2.15 bits per heavy atom. The van der Waals surface area contributed by atoms with Crippen molar-refractivity contribution in [3.8, 4) is 0 Å². The van der Waals surface area contributed by atoms with Crippen LogP contribution in [-0.2, 0) is 0 Å². The summed E-state index contributed by atoms with van der Waals surface area (Å²) in [5, 5.41) is 0. The van der Waals surface area contributed by atoms with Crippen LogP contribution in [0.25, 0.3) is 0 Å². The minimum absolute atomic E-state index is 0.0136. The van der Waals surface area contributed by atoms with Crippen LogP contribution >= 0.6 is 15.9 Å². The zero-order chi connectivity index (χ0) is 14.7. The molecular formula is C15H20BrFN2O. The predicted octanol–water partition coefficient (Wildman–Crippen LogP) is 3.14. The molecule has 1 saturated heterocycles. The van der Waals surface area contributed by atoms with Gasteiger partial charge in [0.1, 0.15) is 5.82 Å². The first kappa shape index (κ1) is 15.4. The van der Waals surface area contributed by atoms with Gasteiger partial charge in [0.15, 0.2) is 0 Å². The average Bonchev–Trinajstić information content (AvgIpc) is 2.92. The molecule has 1 amide bonds. The number of nitrogens with zero attached hydrogens (tertiary/aromatic N) is 2. The number of rotatable bonds is 4. The Morgan fingerprint density at radius 3 is 2.75 bits per heavy atom. The van der Waals surface area contributed by atoms with Crippen LogP contribution in [0.4, 0.5) is 4.39 Å². The number of carbonyl (C=O) groups is 1. The van der Waals surface area contributed by atoms with E-state index in [0.29, 0.717) is 16.1 Å². The Hall–Kier alpha value is -0.940. The van der Waals surface area contributed by atoms with Crippen LogP contribution in [0, 0.1) is 5.82 Å². The Morgan fingerprint density at radius 1 is 1.45 bits per heavy atom. The van der Waals surface area contributed by atoms with Crippen LogP contribution in [0.1, 0.15) is 30.6 Å². The Bertz CT molecular complexity index is 491. The number of amides is 1. The minimum atomic E-state index is -0.344. The lowest BCUT2D eigenvalue weighted by atomic mass is 10.2. The van der Waals surface area contributed by atoms with Crippen molar-refractivity contribution < 1.29 is 9.18 Å². The maximum absolute atomic E-state index is 13.2. The van der Waals surface area contributed by atoms with Gasteiger partial charge in [0.25, 0.3) is 5.91 Å². The molecule has 20 heavy (non-hydrogen) atoms. The summed E-state index contributed by atoms with van der Waals surface area (Å²) in [6, 6.07) is 4.88. The molecule has 0 saturated carbocycles.